The Hall–Kier alpha value is -6.36. The molecular formula is C48H48CoN3O6. The van der Waals surface area contributed by atoms with E-state index in [0.29, 0.717) is 36.3 Å². The number of para-hydroxylation sites is 3. The minimum absolute atomic E-state index is 0. The van der Waals surface area contributed by atoms with Crippen molar-refractivity contribution < 1.29 is 46.3 Å². The van der Waals surface area contributed by atoms with E-state index in [9.17, 15) is 15.3 Å². The van der Waals surface area contributed by atoms with Gasteiger partial charge in [-0.25, -0.2) is 0 Å². The van der Waals surface area contributed by atoms with E-state index in [0.717, 1.165) is 36.5 Å². The van der Waals surface area contributed by atoms with Crippen molar-refractivity contribution in [2.75, 3.05) is 41.0 Å². The molecular weight excluding hydrogens is 773 g/mol. The summed E-state index contributed by atoms with van der Waals surface area (Å²) in [5, 5.41) is 34.3. The molecule has 0 bridgehead atoms. The number of methoxy groups -OCH3 is 3. The van der Waals surface area contributed by atoms with Crippen molar-refractivity contribution in [2.45, 2.75) is 19.3 Å². The van der Waals surface area contributed by atoms with Gasteiger partial charge < -0.3 is 29.5 Å². The average molecular weight is 822 g/mol. The fraction of sp³-hybridized carbons (Fsp3) is 0.188. The zero-order valence-electron chi connectivity index (χ0n) is 33.0. The summed E-state index contributed by atoms with van der Waals surface area (Å²) in [6.45, 7) is 2.00. The van der Waals surface area contributed by atoms with Gasteiger partial charge in [0.1, 0.15) is 17.2 Å². The first kappa shape index (κ1) is 46.0. The predicted octanol–water partition coefficient (Wildman–Crippen LogP) is 7.29. The van der Waals surface area contributed by atoms with Crippen LogP contribution in [-0.2, 0) is 36.0 Å². The number of aliphatic imine (C=N–C) groups is 3. The Morgan fingerprint density at radius 2 is 0.621 bits per heavy atom. The summed E-state index contributed by atoms with van der Waals surface area (Å²) in [6.07, 6.45) is 7.48. The molecule has 9 nitrogen and oxygen atoms in total. The number of nitrogens with zero attached hydrogens (tertiary/aromatic N) is 3. The molecule has 10 heteroatoms. The third-order valence-electron chi connectivity index (χ3n) is 8.51. The maximum atomic E-state index is 11.4. The fourth-order valence-corrected chi connectivity index (χ4v) is 5.21. The first-order valence-electron chi connectivity index (χ1n) is 18.5. The van der Waals surface area contributed by atoms with Gasteiger partial charge in [0.2, 0.25) is 0 Å². The summed E-state index contributed by atoms with van der Waals surface area (Å²) in [7, 11) is 4.96. The molecule has 0 heterocycles. The largest absolute Gasteiger partial charge is 3.00 e. The summed E-state index contributed by atoms with van der Waals surface area (Å²) in [5.74, 6) is 2.59. The molecule has 0 radical (unpaired) electrons. The fourth-order valence-electron chi connectivity index (χ4n) is 5.21. The van der Waals surface area contributed by atoms with Crippen molar-refractivity contribution in [3.8, 4) is 34.5 Å². The second-order valence-electron chi connectivity index (χ2n) is 12.5. The third-order valence-corrected chi connectivity index (χ3v) is 8.51. The van der Waals surface area contributed by atoms with Crippen molar-refractivity contribution in [3.05, 3.63) is 179 Å². The van der Waals surface area contributed by atoms with Crippen LogP contribution < -0.4 is 29.5 Å². The summed E-state index contributed by atoms with van der Waals surface area (Å²) in [6, 6.07) is 44.4. The number of rotatable bonds is 15. The summed E-state index contributed by atoms with van der Waals surface area (Å²) in [5.41, 5.74) is 5.52. The number of benzene rings is 6. The first-order chi connectivity index (χ1) is 27.9. The van der Waals surface area contributed by atoms with E-state index in [-0.39, 0.29) is 34.0 Å². The van der Waals surface area contributed by atoms with Crippen molar-refractivity contribution in [3.63, 3.8) is 0 Å². The van der Waals surface area contributed by atoms with Gasteiger partial charge in [-0.05, 0) is 89.0 Å². The van der Waals surface area contributed by atoms with Gasteiger partial charge in [-0.3, -0.25) is 15.0 Å². The molecule has 6 aromatic rings. The van der Waals surface area contributed by atoms with Crippen LogP contribution in [0.4, 0.5) is 0 Å². The van der Waals surface area contributed by atoms with E-state index < -0.39 is 0 Å². The Labute approximate surface area is 352 Å². The minimum Gasteiger partial charge on any atom is -0.872 e. The van der Waals surface area contributed by atoms with Crippen molar-refractivity contribution in [1.82, 2.24) is 0 Å². The first-order valence-corrected chi connectivity index (χ1v) is 18.5. The van der Waals surface area contributed by atoms with Crippen LogP contribution in [-0.4, -0.2) is 59.6 Å². The molecule has 0 spiro atoms. The normalized spacial score (nSPS) is 10.6. The predicted molar refractivity (Wildman–Crippen MR) is 225 cm³/mol. The molecule has 6 aromatic carbocycles. The Bertz CT molecular complexity index is 1890. The van der Waals surface area contributed by atoms with Crippen molar-refractivity contribution in [2.24, 2.45) is 15.0 Å². The van der Waals surface area contributed by atoms with E-state index in [2.05, 4.69) is 15.0 Å². The molecule has 0 aliphatic rings. The molecule has 0 N–H and O–H groups in total. The topological polar surface area (TPSA) is 134 Å². The molecule has 0 fully saturated rings. The van der Waals surface area contributed by atoms with Crippen LogP contribution >= 0.6 is 0 Å². The molecule has 300 valence electrons. The van der Waals surface area contributed by atoms with Gasteiger partial charge in [-0.1, -0.05) is 109 Å². The number of hydrogen-bond acceptors (Lipinski definition) is 9. The van der Waals surface area contributed by atoms with Crippen LogP contribution in [0, 0.1) is 0 Å². The van der Waals surface area contributed by atoms with E-state index in [1.54, 1.807) is 94.6 Å². The maximum absolute atomic E-state index is 11.4. The van der Waals surface area contributed by atoms with Gasteiger partial charge in [0.15, 0.2) is 0 Å². The zero-order valence-corrected chi connectivity index (χ0v) is 34.0. The summed E-state index contributed by atoms with van der Waals surface area (Å²) < 4.78 is 15.3. The van der Waals surface area contributed by atoms with Crippen LogP contribution in [0.3, 0.4) is 0 Å². The van der Waals surface area contributed by atoms with Gasteiger partial charge in [0.05, 0.1) is 21.3 Å². The van der Waals surface area contributed by atoms with Crippen LogP contribution in [0.15, 0.2) is 161 Å². The van der Waals surface area contributed by atoms with Crippen molar-refractivity contribution in [1.29, 1.82) is 0 Å². The zero-order chi connectivity index (χ0) is 40.5. The average Bonchev–Trinajstić information content (AvgIpc) is 3.25. The summed E-state index contributed by atoms with van der Waals surface area (Å²) in [4.78, 5) is 12.9. The smallest absolute Gasteiger partial charge is 0.872 e. The number of ether oxygens (including phenoxy) is 3. The van der Waals surface area contributed by atoms with E-state index in [1.165, 1.54) is 16.7 Å². The standard InChI is InChI=1S/3C16H17NO2.Co/c3*1-19-15-8-6-13(7-9-15)10-11-17-12-14-4-2-3-5-16(14)18;/h3*2-9,12,18H,10-11H2,1H3;/q;;;+3/p-3. The molecule has 0 aromatic heterocycles. The van der Waals surface area contributed by atoms with Gasteiger partial charge >= 0.3 is 16.8 Å². The second-order valence-corrected chi connectivity index (χ2v) is 12.5. The number of hydrogen-bond donors (Lipinski definition) is 0. The second kappa shape index (κ2) is 26.5. The van der Waals surface area contributed by atoms with Crippen LogP contribution in [0.2, 0.25) is 0 Å². The van der Waals surface area contributed by atoms with E-state index >= 15 is 0 Å². The molecule has 0 aliphatic carbocycles. The Morgan fingerprint density at radius 3 is 0.845 bits per heavy atom. The molecule has 0 saturated carbocycles. The van der Waals surface area contributed by atoms with Gasteiger partial charge in [-0.15, -0.1) is 17.2 Å². The quantitative estimate of drug-likeness (QED) is 0.100. The maximum Gasteiger partial charge on any atom is 3.00 e. The van der Waals surface area contributed by atoms with Gasteiger partial charge in [0, 0.05) is 38.3 Å². The molecule has 0 amide bonds. The Kier molecular flexibility index (Phi) is 21.0. The Balaban J connectivity index is 0.000000231. The van der Waals surface area contributed by atoms with Crippen LogP contribution in [0.1, 0.15) is 33.4 Å². The third kappa shape index (κ3) is 16.8. The molecule has 0 aliphatic heterocycles. The molecule has 0 atom stereocenters. The van der Waals surface area contributed by atoms with Crippen LogP contribution in [0.25, 0.3) is 0 Å². The van der Waals surface area contributed by atoms with Gasteiger partial charge in [-0.2, -0.15) is 0 Å². The van der Waals surface area contributed by atoms with Crippen LogP contribution in [0.5, 0.6) is 34.5 Å². The molecule has 0 saturated heterocycles. The molecule has 6 rings (SSSR count). The van der Waals surface area contributed by atoms with E-state index in [4.69, 9.17) is 14.2 Å². The SMILES string of the molecule is COc1ccc(CCN=Cc2ccccc2[O-])cc1.COc1ccc(CCN=Cc2ccccc2[O-])cc1.COc1ccc(CCN=Cc2ccccc2[O-])cc1.[Co+3]. The summed E-state index contributed by atoms with van der Waals surface area (Å²) >= 11 is 0. The van der Waals surface area contributed by atoms with Gasteiger partial charge in [0.25, 0.3) is 0 Å². The van der Waals surface area contributed by atoms with Crippen molar-refractivity contribution >= 4 is 18.6 Å². The monoisotopic (exact) mass is 821 g/mol. The minimum atomic E-state index is 0. The molecule has 58 heavy (non-hydrogen) atoms. The molecule has 0 unspecified atom stereocenters. The Morgan fingerprint density at radius 1 is 0.379 bits per heavy atom. The van der Waals surface area contributed by atoms with E-state index in [1.807, 2.05) is 91.0 Å².